The average molecular weight is 268 g/mol. The summed E-state index contributed by atoms with van der Waals surface area (Å²) in [5, 5.41) is 5.91. The third-order valence-electron chi connectivity index (χ3n) is 2.80. The van der Waals surface area contributed by atoms with Crippen molar-refractivity contribution in [1.29, 1.82) is 0 Å². The molecule has 1 amide bonds. The van der Waals surface area contributed by atoms with E-state index in [-0.39, 0.29) is 11.7 Å². The second-order valence-electron chi connectivity index (χ2n) is 4.41. The van der Waals surface area contributed by atoms with Gasteiger partial charge in [0, 0.05) is 17.9 Å². The van der Waals surface area contributed by atoms with Crippen molar-refractivity contribution in [3.63, 3.8) is 0 Å². The van der Waals surface area contributed by atoms with Crippen LogP contribution in [0.25, 0.3) is 0 Å². The van der Waals surface area contributed by atoms with Gasteiger partial charge in [-0.15, -0.1) is 0 Å². The summed E-state index contributed by atoms with van der Waals surface area (Å²) in [6.07, 6.45) is 0.474. The Bertz CT molecular complexity index is 410. The molecule has 0 unspecified atom stereocenters. The summed E-state index contributed by atoms with van der Waals surface area (Å²) in [5.41, 5.74) is 0.521. The summed E-state index contributed by atoms with van der Waals surface area (Å²) >= 11 is 1.80. The first kappa shape index (κ1) is 13.4. The zero-order valence-corrected chi connectivity index (χ0v) is 10.9. The summed E-state index contributed by atoms with van der Waals surface area (Å²) in [6, 6.07) is 5.96. The number of thioether (sulfide) groups is 1. The van der Waals surface area contributed by atoms with Gasteiger partial charge in [0.05, 0.1) is 0 Å². The van der Waals surface area contributed by atoms with E-state index in [1.54, 1.807) is 23.9 Å². The maximum atomic E-state index is 12.9. The molecule has 3 nitrogen and oxygen atoms in total. The summed E-state index contributed by atoms with van der Waals surface area (Å²) < 4.78 is 12.9. The highest BCUT2D eigenvalue weighted by Crippen LogP contribution is 2.14. The molecule has 5 heteroatoms. The van der Waals surface area contributed by atoms with E-state index in [1.807, 2.05) is 0 Å². The van der Waals surface area contributed by atoms with Gasteiger partial charge in [-0.1, -0.05) is 6.07 Å². The molecule has 2 N–H and O–H groups in total. The molecular formula is C13H17FN2OS. The van der Waals surface area contributed by atoms with Crippen LogP contribution in [0.3, 0.4) is 0 Å². The van der Waals surface area contributed by atoms with Crippen LogP contribution in [0.2, 0.25) is 0 Å². The molecule has 0 aromatic heterocycles. The molecule has 0 spiro atoms. The van der Waals surface area contributed by atoms with Gasteiger partial charge in [0.1, 0.15) is 5.82 Å². The molecule has 2 rings (SSSR count). The van der Waals surface area contributed by atoms with Crippen molar-refractivity contribution in [2.45, 2.75) is 6.42 Å². The minimum Gasteiger partial charge on any atom is -0.326 e. The van der Waals surface area contributed by atoms with Crippen LogP contribution in [0, 0.1) is 11.7 Å². The van der Waals surface area contributed by atoms with Gasteiger partial charge in [0.25, 0.3) is 0 Å². The first-order chi connectivity index (χ1) is 8.74. The number of hydrogen-bond donors (Lipinski definition) is 2. The number of hydrogen-bond acceptors (Lipinski definition) is 3. The Morgan fingerprint density at radius 3 is 3.00 bits per heavy atom. The molecule has 1 saturated heterocycles. The molecule has 1 aromatic carbocycles. The van der Waals surface area contributed by atoms with Crippen molar-refractivity contribution in [2.75, 3.05) is 29.9 Å². The number of rotatable bonds is 6. The standard InChI is InChI=1S/C13H17FN2OS/c14-11-2-1-3-12(6-11)16-13(17)4-5-18-9-10-7-15-8-10/h1-3,6,10,15H,4-5,7-9H2,(H,16,17). The van der Waals surface area contributed by atoms with Gasteiger partial charge in [-0.05, 0) is 43.0 Å². The molecule has 1 aliphatic rings. The van der Waals surface area contributed by atoms with Crippen LogP contribution in [0.15, 0.2) is 24.3 Å². The van der Waals surface area contributed by atoms with Crippen LogP contribution >= 0.6 is 11.8 Å². The van der Waals surface area contributed by atoms with Crippen LogP contribution in [0.4, 0.5) is 10.1 Å². The minimum atomic E-state index is -0.334. The van der Waals surface area contributed by atoms with Crippen LogP contribution in [-0.4, -0.2) is 30.5 Å². The Balaban J connectivity index is 1.62. The number of halogens is 1. The van der Waals surface area contributed by atoms with E-state index in [2.05, 4.69) is 10.6 Å². The molecule has 1 aromatic rings. The zero-order chi connectivity index (χ0) is 12.8. The predicted molar refractivity (Wildman–Crippen MR) is 73.3 cm³/mol. The summed E-state index contributed by atoms with van der Waals surface area (Å²) in [7, 11) is 0. The van der Waals surface area contributed by atoms with E-state index in [0.29, 0.717) is 12.1 Å². The second kappa shape index (κ2) is 6.75. The van der Waals surface area contributed by atoms with Crippen LogP contribution in [0.1, 0.15) is 6.42 Å². The molecule has 1 aliphatic heterocycles. The maximum Gasteiger partial charge on any atom is 0.225 e. The molecule has 0 atom stereocenters. The van der Waals surface area contributed by atoms with Gasteiger partial charge >= 0.3 is 0 Å². The highest BCUT2D eigenvalue weighted by Gasteiger charge is 2.16. The largest absolute Gasteiger partial charge is 0.326 e. The fourth-order valence-electron chi connectivity index (χ4n) is 1.67. The van der Waals surface area contributed by atoms with Crippen molar-refractivity contribution >= 4 is 23.4 Å². The van der Waals surface area contributed by atoms with Crippen molar-refractivity contribution in [3.8, 4) is 0 Å². The van der Waals surface area contributed by atoms with Crippen LogP contribution in [0.5, 0.6) is 0 Å². The fourth-order valence-corrected chi connectivity index (χ4v) is 2.74. The third kappa shape index (κ3) is 4.31. The molecule has 0 radical (unpaired) electrons. The monoisotopic (exact) mass is 268 g/mol. The van der Waals surface area contributed by atoms with Gasteiger partial charge < -0.3 is 10.6 Å². The summed E-state index contributed by atoms with van der Waals surface area (Å²) in [5.74, 6) is 2.30. The third-order valence-corrected chi connectivity index (χ3v) is 4.00. The predicted octanol–water partition coefficient (Wildman–Crippen LogP) is 2.11. The van der Waals surface area contributed by atoms with E-state index >= 15 is 0 Å². The van der Waals surface area contributed by atoms with E-state index in [0.717, 1.165) is 30.5 Å². The van der Waals surface area contributed by atoms with E-state index in [4.69, 9.17) is 0 Å². The minimum absolute atomic E-state index is 0.0557. The molecule has 0 saturated carbocycles. The molecule has 1 heterocycles. The Kier molecular flexibility index (Phi) is 5.01. The molecular weight excluding hydrogens is 251 g/mol. The van der Waals surface area contributed by atoms with Crippen LogP contribution in [-0.2, 0) is 4.79 Å². The maximum absolute atomic E-state index is 12.9. The summed E-state index contributed by atoms with van der Waals surface area (Å²) in [4.78, 5) is 11.6. The van der Waals surface area contributed by atoms with Crippen molar-refractivity contribution in [1.82, 2.24) is 5.32 Å². The van der Waals surface area contributed by atoms with Crippen molar-refractivity contribution in [2.24, 2.45) is 5.92 Å². The van der Waals surface area contributed by atoms with E-state index in [9.17, 15) is 9.18 Å². The molecule has 0 aliphatic carbocycles. The zero-order valence-electron chi connectivity index (χ0n) is 10.1. The van der Waals surface area contributed by atoms with Gasteiger partial charge in [-0.3, -0.25) is 4.79 Å². The first-order valence-electron chi connectivity index (χ1n) is 6.08. The lowest BCUT2D eigenvalue weighted by molar-refractivity contribution is -0.115. The Morgan fingerprint density at radius 1 is 1.50 bits per heavy atom. The Hall–Kier alpha value is -1.07. The first-order valence-corrected chi connectivity index (χ1v) is 7.23. The number of carbonyl (C=O) groups is 1. The smallest absolute Gasteiger partial charge is 0.225 e. The number of benzene rings is 1. The quantitative estimate of drug-likeness (QED) is 0.776. The molecule has 0 bridgehead atoms. The molecule has 18 heavy (non-hydrogen) atoms. The average Bonchev–Trinajstić information content (AvgIpc) is 2.26. The topological polar surface area (TPSA) is 41.1 Å². The van der Waals surface area contributed by atoms with Crippen molar-refractivity contribution in [3.05, 3.63) is 30.1 Å². The van der Waals surface area contributed by atoms with Gasteiger partial charge in [-0.25, -0.2) is 4.39 Å². The number of carbonyl (C=O) groups excluding carboxylic acids is 1. The normalized spacial score (nSPS) is 15.2. The number of amides is 1. The SMILES string of the molecule is O=C(CCSCC1CNC1)Nc1cccc(F)c1. The lowest BCUT2D eigenvalue weighted by Gasteiger charge is -2.26. The van der Waals surface area contributed by atoms with Crippen LogP contribution < -0.4 is 10.6 Å². The van der Waals surface area contributed by atoms with E-state index < -0.39 is 0 Å². The second-order valence-corrected chi connectivity index (χ2v) is 5.56. The van der Waals surface area contributed by atoms with Gasteiger partial charge in [-0.2, -0.15) is 11.8 Å². The van der Waals surface area contributed by atoms with Crippen molar-refractivity contribution < 1.29 is 9.18 Å². The lowest BCUT2D eigenvalue weighted by atomic mass is 10.1. The lowest BCUT2D eigenvalue weighted by Crippen LogP contribution is -2.43. The van der Waals surface area contributed by atoms with Gasteiger partial charge in [0.15, 0.2) is 0 Å². The Morgan fingerprint density at radius 2 is 2.33 bits per heavy atom. The highest BCUT2D eigenvalue weighted by atomic mass is 32.2. The number of nitrogens with one attached hydrogen (secondary N) is 2. The molecule has 1 fully saturated rings. The number of anilines is 1. The molecule has 98 valence electrons. The highest BCUT2D eigenvalue weighted by molar-refractivity contribution is 7.99. The van der Waals surface area contributed by atoms with Gasteiger partial charge in [0.2, 0.25) is 5.91 Å². The summed E-state index contributed by atoms with van der Waals surface area (Å²) in [6.45, 7) is 2.20. The fraction of sp³-hybridized carbons (Fsp3) is 0.462. The van der Waals surface area contributed by atoms with E-state index in [1.165, 1.54) is 12.1 Å². The Labute approximate surface area is 111 Å².